The van der Waals surface area contributed by atoms with Crippen LogP contribution in [0.4, 0.5) is 11.4 Å². The first-order valence-corrected chi connectivity index (χ1v) is 6.97. The summed E-state index contributed by atoms with van der Waals surface area (Å²) < 4.78 is 0. The lowest BCUT2D eigenvalue weighted by Crippen LogP contribution is -2.34. The second-order valence-corrected chi connectivity index (χ2v) is 5.77. The SMILES string of the molecule is CNC(=O)c1ccc(N)c(N2CC(C)C(N(C)C)C2)c1. The molecule has 0 bridgehead atoms. The number of amides is 1. The van der Waals surface area contributed by atoms with Crippen LogP contribution in [0, 0.1) is 5.92 Å². The van der Waals surface area contributed by atoms with Crippen LogP contribution in [-0.4, -0.2) is 51.1 Å². The molecule has 1 aliphatic rings. The van der Waals surface area contributed by atoms with Gasteiger partial charge < -0.3 is 20.9 Å². The Hall–Kier alpha value is -1.75. The molecule has 3 N–H and O–H groups in total. The van der Waals surface area contributed by atoms with Crippen molar-refractivity contribution in [2.24, 2.45) is 5.92 Å². The fraction of sp³-hybridized carbons (Fsp3) is 0.533. The molecular formula is C15H24N4O. The summed E-state index contributed by atoms with van der Waals surface area (Å²) >= 11 is 0. The van der Waals surface area contributed by atoms with E-state index in [0.717, 1.165) is 24.5 Å². The molecule has 1 saturated heterocycles. The minimum absolute atomic E-state index is 0.0809. The van der Waals surface area contributed by atoms with Crippen molar-refractivity contribution in [3.8, 4) is 0 Å². The zero-order valence-electron chi connectivity index (χ0n) is 12.7. The normalized spacial score (nSPS) is 22.4. The van der Waals surface area contributed by atoms with Crippen LogP contribution < -0.4 is 16.0 Å². The summed E-state index contributed by atoms with van der Waals surface area (Å²) in [6.45, 7) is 4.16. The van der Waals surface area contributed by atoms with Crippen LogP contribution in [0.15, 0.2) is 18.2 Å². The van der Waals surface area contributed by atoms with Gasteiger partial charge in [0.05, 0.1) is 11.4 Å². The molecule has 1 amide bonds. The van der Waals surface area contributed by atoms with Crippen molar-refractivity contribution in [3.63, 3.8) is 0 Å². The van der Waals surface area contributed by atoms with Gasteiger partial charge in [-0.25, -0.2) is 0 Å². The van der Waals surface area contributed by atoms with Crippen molar-refractivity contribution in [2.45, 2.75) is 13.0 Å². The van der Waals surface area contributed by atoms with Crippen LogP contribution in [0.25, 0.3) is 0 Å². The maximum atomic E-state index is 11.8. The van der Waals surface area contributed by atoms with Gasteiger partial charge in [0.1, 0.15) is 0 Å². The number of anilines is 2. The summed E-state index contributed by atoms with van der Waals surface area (Å²) in [5, 5.41) is 2.65. The zero-order valence-corrected chi connectivity index (χ0v) is 12.7. The molecule has 20 heavy (non-hydrogen) atoms. The van der Waals surface area contributed by atoms with Crippen molar-refractivity contribution >= 4 is 17.3 Å². The van der Waals surface area contributed by atoms with E-state index in [-0.39, 0.29) is 5.91 Å². The molecule has 2 atom stereocenters. The first kappa shape index (κ1) is 14.7. The number of carbonyl (C=O) groups is 1. The number of likely N-dealkylation sites (N-methyl/N-ethyl adjacent to an activating group) is 1. The Kier molecular flexibility index (Phi) is 4.18. The summed E-state index contributed by atoms with van der Waals surface area (Å²) in [6, 6.07) is 5.98. The third-order valence-electron chi connectivity index (χ3n) is 4.10. The van der Waals surface area contributed by atoms with Gasteiger partial charge in [-0.15, -0.1) is 0 Å². The van der Waals surface area contributed by atoms with Crippen LogP contribution >= 0.6 is 0 Å². The second kappa shape index (κ2) is 5.71. The maximum Gasteiger partial charge on any atom is 0.251 e. The number of carbonyl (C=O) groups excluding carboxylic acids is 1. The van der Waals surface area contributed by atoms with Crippen molar-refractivity contribution in [1.82, 2.24) is 10.2 Å². The quantitative estimate of drug-likeness (QED) is 0.809. The summed E-state index contributed by atoms with van der Waals surface area (Å²) in [5.41, 5.74) is 8.43. The Morgan fingerprint density at radius 2 is 2.10 bits per heavy atom. The van der Waals surface area contributed by atoms with E-state index >= 15 is 0 Å². The molecule has 5 nitrogen and oxygen atoms in total. The Morgan fingerprint density at radius 3 is 2.65 bits per heavy atom. The van der Waals surface area contributed by atoms with E-state index in [9.17, 15) is 4.79 Å². The van der Waals surface area contributed by atoms with Gasteiger partial charge >= 0.3 is 0 Å². The van der Waals surface area contributed by atoms with Crippen LogP contribution in [0.1, 0.15) is 17.3 Å². The molecule has 5 heteroatoms. The molecule has 1 aromatic carbocycles. The summed E-state index contributed by atoms with van der Waals surface area (Å²) in [5.74, 6) is 0.496. The number of hydrogen-bond acceptors (Lipinski definition) is 4. The van der Waals surface area contributed by atoms with Gasteiger partial charge in [0, 0.05) is 31.7 Å². The molecule has 0 saturated carbocycles. The molecule has 0 aromatic heterocycles. The number of nitrogens with zero attached hydrogens (tertiary/aromatic N) is 2. The number of nitrogens with two attached hydrogens (primary N) is 1. The Balaban J connectivity index is 2.27. The fourth-order valence-corrected chi connectivity index (χ4v) is 2.92. The number of nitrogens with one attached hydrogen (secondary N) is 1. The summed E-state index contributed by atoms with van der Waals surface area (Å²) in [6.07, 6.45) is 0. The van der Waals surface area contributed by atoms with Crippen LogP contribution in [0.2, 0.25) is 0 Å². The second-order valence-electron chi connectivity index (χ2n) is 5.77. The van der Waals surface area contributed by atoms with E-state index in [1.165, 1.54) is 0 Å². The van der Waals surface area contributed by atoms with Crippen molar-refractivity contribution < 1.29 is 4.79 Å². The van der Waals surface area contributed by atoms with E-state index in [1.807, 2.05) is 12.1 Å². The van der Waals surface area contributed by atoms with Gasteiger partial charge in [-0.3, -0.25) is 4.79 Å². The van der Waals surface area contributed by atoms with Crippen LogP contribution in [0.5, 0.6) is 0 Å². The standard InChI is InChI=1S/C15H24N4O/c1-10-8-19(9-14(10)18(3)4)13-7-11(15(20)17-2)5-6-12(13)16/h5-7,10,14H,8-9,16H2,1-4H3,(H,17,20). The maximum absolute atomic E-state index is 11.8. The zero-order chi connectivity index (χ0) is 14.9. The monoisotopic (exact) mass is 276 g/mol. The first-order valence-electron chi connectivity index (χ1n) is 6.97. The lowest BCUT2D eigenvalue weighted by Gasteiger charge is -2.24. The molecule has 2 rings (SSSR count). The van der Waals surface area contributed by atoms with Crippen molar-refractivity contribution in [3.05, 3.63) is 23.8 Å². The highest BCUT2D eigenvalue weighted by Gasteiger charge is 2.32. The molecule has 0 aliphatic carbocycles. The highest BCUT2D eigenvalue weighted by atomic mass is 16.1. The third-order valence-corrected chi connectivity index (χ3v) is 4.10. The predicted octanol–water partition coefficient (Wildman–Crippen LogP) is 1.01. The predicted molar refractivity (Wildman–Crippen MR) is 83.1 cm³/mol. The number of rotatable bonds is 3. The van der Waals surface area contributed by atoms with Crippen LogP contribution in [-0.2, 0) is 0 Å². The first-order chi connectivity index (χ1) is 9.43. The minimum atomic E-state index is -0.0809. The fourth-order valence-electron chi connectivity index (χ4n) is 2.92. The minimum Gasteiger partial charge on any atom is -0.397 e. The lowest BCUT2D eigenvalue weighted by atomic mass is 10.1. The summed E-state index contributed by atoms with van der Waals surface area (Å²) in [4.78, 5) is 16.3. The van der Waals surface area contributed by atoms with Crippen LogP contribution in [0.3, 0.4) is 0 Å². The molecule has 0 spiro atoms. The number of hydrogen-bond donors (Lipinski definition) is 2. The lowest BCUT2D eigenvalue weighted by molar-refractivity contribution is 0.0963. The molecule has 110 valence electrons. The molecule has 1 aliphatic heterocycles. The average Bonchev–Trinajstić information content (AvgIpc) is 2.80. The van der Waals surface area contributed by atoms with Crippen molar-refractivity contribution in [1.29, 1.82) is 0 Å². The van der Waals surface area contributed by atoms with E-state index in [4.69, 9.17) is 5.73 Å². The van der Waals surface area contributed by atoms with Gasteiger partial charge in [0.15, 0.2) is 0 Å². The molecular weight excluding hydrogens is 252 g/mol. The molecule has 2 unspecified atom stereocenters. The smallest absolute Gasteiger partial charge is 0.251 e. The van der Waals surface area contributed by atoms with E-state index in [0.29, 0.717) is 17.5 Å². The van der Waals surface area contributed by atoms with E-state index in [2.05, 4.69) is 36.1 Å². The van der Waals surface area contributed by atoms with Gasteiger partial charge in [-0.05, 0) is 38.2 Å². The van der Waals surface area contributed by atoms with Gasteiger partial charge in [-0.2, -0.15) is 0 Å². The molecule has 1 aromatic rings. The van der Waals surface area contributed by atoms with Gasteiger partial charge in [0.2, 0.25) is 0 Å². The molecule has 0 radical (unpaired) electrons. The van der Waals surface area contributed by atoms with Crippen molar-refractivity contribution in [2.75, 3.05) is 44.9 Å². The Labute approximate surface area is 120 Å². The topological polar surface area (TPSA) is 61.6 Å². The number of benzene rings is 1. The van der Waals surface area contributed by atoms with E-state index < -0.39 is 0 Å². The third kappa shape index (κ3) is 2.72. The number of nitrogen functional groups attached to an aromatic ring is 1. The van der Waals surface area contributed by atoms with Gasteiger partial charge in [0.25, 0.3) is 5.91 Å². The van der Waals surface area contributed by atoms with E-state index in [1.54, 1.807) is 13.1 Å². The average molecular weight is 276 g/mol. The largest absolute Gasteiger partial charge is 0.397 e. The Morgan fingerprint density at radius 1 is 1.40 bits per heavy atom. The molecule has 1 fully saturated rings. The highest BCUT2D eigenvalue weighted by Crippen LogP contribution is 2.31. The Bertz CT molecular complexity index is 501. The highest BCUT2D eigenvalue weighted by molar-refractivity contribution is 5.96. The van der Waals surface area contributed by atoms with Gasteiger partial charge in [-0.1, -0.05) is 6.92 Å². The summed E-state index contributed by atoms with van der Waals surface area (Å²) in [7, 11) is 5.85. The molecule has 1 heterocycles.